The Morgan fingerprint density at radius 1 is 1.00 bits per heavy atom. The topological polar surface area (TPSA) is 24.8 Å². The van der Waals surface area contributed by atoms with Crippen LogP contribution < -0.4 is 4.74 Å². The van der Waals surface area contributed by atoms with Crippen molar-refractivity contribution in [2.45, 2.75) is 66.3 Å². The lowest BCUT2D eigenvalue weighted by atomic mass is 9.86. The van der Waals surface area contributed by atoms with Crippen LogP contribution in [-0.2, 0) is 13.0 Å². The van der Waals surface area contributed by atoms with Crippen molar-refractivity contribution in [3.05, 3.63) is 71.5 Å². The van der Waals surface area contributed by atoms with Gasteiger partial charge >= 0.3 is 0 Å². The molecule has 0 spiro atoms. The van der Waals surface area contributed by atoms with Gasteiger partial charge in [0, 0.05) is 29.4 Å². The van der Waals surface area contributed by atoms with Gasteiger partial charge in [0.05, 0.1) is 12.2 Å². The molecule has 0 radical (unpaired) electrons. The Bertz CT molecular complexity index is 1160. The molecule has 2 aromatic rings. The van der Waals surface area contributed by atoms with Gasteiger partial charge in [-0.2, -0.15) is 0 Å². The molecule has 2 aliphatic heterocycles. The molecule has 3 unspecified atom stereocenters. The van der Waals surface area contributed by atoms with Gasteiger partial charge in [0.2, 0.25) is 0 Å². The molecule has 2 aromatic carbocycles. The van der Waals surface area contributed by atoms with Gasteiger partial charge in [-0.3, -0.25) is 4.99 Å². The molecule has 0 bridgehead atoms. The summed E-state index contributed by atoms with van der Waals surface area (Å²) in [5, 5.41) is 0. The molecule has 35 heavy (non-hydrogen) atoms. The minimum absolute atomic E-state index is 0.473. The molecule has 3 aliphatic rings. The Balaban J connectivity index is 1.45. The van der Waals surface area contributed by atoms with E-state index in [2.05, 4.69) is 87.2 Å². The molecule has 2 heterocycles. The summed E-state index contributed by atoms with van der Waals surface area (Å²) in [5.74, 6) is 2.80. The lowest BCUT2D eigenvalue weighted by molar-refractivity contribution is 0.248. The van der Waals surface area contributed by atoms with Crippen LogP contribution in [0.25, 0.3) is 11.1 Å². The molecule has 0 N–H and O–H groups in total. The number of aliphatic imine (C=N–C) groups is 1. The molecule has 5 rings (SSSR count). The first-order valence-corrected chi connectivity index (χ1v) is 13.6. The maximum atomic E-state index is 6.24. The molecular weight excluding hydrogens is 428 g/mol. The highest BCUT2D eigenvalue weighted by atomic mass is 16.5. The zero-order valence-electron chi connectivity index (χ0n) is 21.9. The van der Waals surface area contributed by atoms with Crippen LogP contribution in [0.5, 0.6) is 5.75 Å². The molecule has 184 valence electrons. The first kappa shape index (κ1) is 23.9. The van der Waals surface area contributed by atoms with Crippen LogP contribution in [0.4, 0.5) is 5.69 Å². The number of allylic oxidation sites excluding steroid dienone is 3. The monoisotopic (exact) mass is 468 g/mol. The number of benzene rings is 2. The van der Waals surface area contributed by atoms with E-state index < -0.39 is 0 Å². The zero-order valence-corrected chi connectivity index (χ0v) is 21.9. The predicted octanol–water partition coefficient (Wildman–Crippen LogP) is 8.12. The van der Waals surface area contributed by atoms with Crippen LogP contribution in [0.1, 0.15) is 64.5 Å². The van der Waals surface area contributed by atoms with E-state index in [0.717, 1.165) is 56.8 Å². The lowest BCUT2D eigenvalue weighted by Crippen LogP contribution is -2.29. The van der Waals surface area contributed by atoms with E-state index >= 15 is 0 Å². The number of rotatable bonds is 3. The van der Waals surface area contributed by atoms with Gasteiger partial charge in [-0.25, -0.2) is 0 Å². The molecule has 3 nitrogen and oxygen atoms in total. The van der Waals surface area contributed by atoms with Crippen LogP contribution in [0.15, 0.2) is 65.3 Å². The normalized spacial score (nSPS) is 24.6. The van der Waals surface area contributed by atoms with Gasteiger partial charge in [0.1, 0.15) is 12.4 Å². The summed E-state index contributed by atoms with van der Waals surface area (Å²) < 4.78 is 6.24. The fraction of sp³-hybridized carbons (Fsp3) is 0.469. The fourth-order valence-electron chi connectivity index (χ4n) is 5.63. The van der Waals surface area contributed by atoms with Gasteiger partial charge in [0.15, 0.2) is 0 Å². The van der Waals surface area contributed by atoms with E-state index in [9.17, 15) is 0 Å². The number of hydrogen-bond donors (Lipinski definition) is 0. The van der Waals surface area contributed by atoms with Crippen LogP contribution in [0.3, 0.4) is 0 Å². The summed E-state index contributed by atoms with van der Waals surface area (Å²) in [4.78, 5) is 7.49. The summed E-state index contributed by atoms with van der Waals surface area (Å²) in [5.41, 5.74) is 8.98. The molecule has 3 atom stereocenters. The molecule has 0 saturated heterocycles. The second-order valence-corrected chi connectivity index (χ2v) is 10.7. The first-order chi connectivity index (χ1) is 17.0. The number of aryl methyl sites for hydroxylation is 1. The molecule has 0 saturated carbocycles. The Hall–Kier alpha value is -2.81. The van der Waals surface area contributed by atoms with Crippen molar-refractivity contribution in [2.75, 3.05) is 13.2 Å². The molecule has 3 heteroatoms. The third kappa shape index (κ3) is 5.24. The van der Waals surface area contributed by atoms with E-state index in [0.29, 0.717) is 17.8 Å². The van der Waals surface area contributed by atoms with E-state index in [4.69, 9.17) is 9.73 Å². The average Bonchev–Trinajstić information content (AvgIpc) is 3.18. The summed E-state index contributed by atoms with van der Waals surface area (Å²) in [6, 6.07) is 13.5. The summed E-state index contributed by atoms with van der Waals surface area (Å²) in [7, 11) is 0. The van der Waals surface area contributed by atoms with Crippen molar-refractivity contribution in [1.29, 1.82) is 0 Å². The second kappa shape index (κ2) is 10.4. The number of hydrogen-bond acceptors (Lipinski definition) is 3. The molecule has 0 aromatic heterocycles. The number of nitrogens with zero attached hydrogens (tertiary/aromatic N) is 2. The number of ether oxygens (including phenoxy) is 1. The Labute approximate surface area is 211 Å². The van der Waals surface area contributed by atoms with Gasteiger partial charge < -0.3 is 9.64 Å². The third-order valence-electron chi connectivity index (χ3n) is 8.18. The highest BCUT2D eigenvalue weighted by Crippen LogP contribution is 2.36. The van der Waals surface area contributed by atoms with E-state index in [1.165, 1.54) is 40.1 Å². The van der Waals surface area contributed by atoms with Crippen molar-refractivity contribution < 1.29 is 4.74 Å². The van der Waals surface area contributed by atoms with Crippen LogP contribution in [0, 0.1) is 17.8 Å². The third-order valence-corrected chi connectivity index (χ3v) is 8.18. The van der Waals surface area contributed by atoms with Crippen molar-refractivity contribution in [3.8, 4) is 16.9 Å². The van der Waals surface area contributed by atoms with Crippen molar-refractivity contribution in [3.63, 3.8) is 0 Å². The smallest absolute Gasteiger partial charge is 0.124 e. The SMILES string of the molecule is CCC1C=CC(C)C(C)CC=C1N1CCOc2ccc(-c3ccc4c(c3)N=C(C)CCC4)cc2C1. The maximum Gasteiger partial charge on any atom is 0.124 e. The highest BCUT2D eigenvalue weighted by molar-refractivity contribution is 5.86. The van der Waals surface area contributed by atoms with Gasteiger partial charge in [-0.15, -0.1) is 0 Å². The van der Waals surface area contributed by atoms with Gasteiger partial charge in [0.25, 0.3) is 0 Å². The zero-order chi connectivity index (χ0) is 24.4. The first-order valence-electron chi connectivity index (χ1n) is 13.6. The minimum atomic E-state index is 0.473. The maximum absolute atomic E-state index is 6.24. The van der Waals surface area contributed by atoms with Crippen LogP contribution >= 0.6 is 0 Å². The fourth-order valence-corrected chi connectivity index (χ4v) is 5.63. The average molecular weight is 469 g/mol. The predicted molar refractivity (Wildman–Crippen MR) is 147 cm³/mol. The van der Waals surface area contributed by atoms with E-state index in [1.54, 1.807) is 0 Å². The van der Waals surface area contributed by atoms with Gasteiger partial charge in [-0.1, -0.05) is 57.2 Å². The van der Waals surface area contributed by atoms with Crippen molar-refractivity contribution in [2.24, 2.45) is 22.7 Å². The summed E-state index contributed by atoms with van der Waals surface area (Å²) in [6.07, 6.45) is 13.1. The highest BCUT2D eigenvalue weighted by Gasteiger charge is 2.24. The molecule has 0 amide bonds. The van der Waals surface area contributed by atoms with Crippen molar-refractivity contribution in [1.82, 2.24) is 4.90 Å². The second-order valence-electron chi connectivity index (χ2n) is 10.7. The lowest BCUT2D eigenvalue weighted by Gasteiger charge is -2.32. The van der Waals surface area contributed by atoms with Gasteiger partial charge in [-0.05, 0) is 85.8 Å². The quantitative estimate of drug-likeness (QED) is 0.425. The summed E-state index contributed by atoms with van der Waals surface area (Å²) >= 11 is 0. The Kier molecular flexibility index (Phi) is 7.13. The molecule has 0 fully saturated rings. The van der Waals surface area contributed by atoms with E-state index in [-0.39, 0.29) is 0 Å². The van der Waals surface area contributed by atoms with E-state index in [1.807, 2.05) is 0 Å². The standard InChI is InChI=1S/C32H40N2O/c1-5-25-11-9-22(2)23(3)10-15-31(25)34-17-18-35-32-16-14-27(19-29(32)21-34)28-13-12-26-8-6-7-24(4)33-30(26)20-28/h9,11-16,19-20,22-23,25H,5-8,10,17-18,21H2,1-4H3. The van der Waals surface area contributed by atoms with Crippen LogP contribution in [-0.4, -0.2) is 23.8 Å². The number of fused-ring (bicyclic) bond motifs is 2. The largest absolute Gasteiger partial charge is 0.491 e. The molecular formula is C32H40N2O. The molecule has 1 aliphatic carbocycles. The van der Waals surface area contributed by atoms with Crippen LogP contribution in [0.2, 0.25) is 0 Å². The minimum Gasteiger partial charge on any atom is -0.491 e. The Morgan fingerprint density at radius 3 is 2.69 bits per heavy atom. The van der Waals surface area contributed by atoms with Crippen molar-refractivity contribution >= 4 is 11.4 Å². The summed E-state index contributed by atoms with van der Waals surface area (Å²) in [6.45, 7) is 11.7. The Morgan fingerprint density at radius 2 is 1.83 bits per heavy atom.